The zero-order chi connectivity index (χ0) is 16.2. The van der Waals surface area contributed by atoms with E-state index >= 15 is 0 Å². The van der Waals surface area contributed by atoms with Crippen molar-refractivity contribution in [2.75, 3.05) is 6.54 Å². The zero-order valence-electron chi connectivity index (χ0n) is 13.0. The fourth-order valence-electron chi connectivity index (χ4n) is 2.58. The highest BCUT2D eigenvalue weighted by molar-refractivity contribution is 7.90. The van der Waals surface area contributed by atoms with Crippen LogP contribution in [0.25, 0.3) is 5.76 Å². The van der Waals surface area contributed by atoms with Gasteiger partial charge in [-0.2, -0.15) is 0 Å². The molecule has 1 N–H and O–H groups in total. The first-order chi connectivity index (χ1) is 11.2. The molecule has 1 aliphatic rings. The molecule has 0 fully saturated rings. The molecule has 0 amide bonds. The van der Waals surface area contributed by atoms with E-state index in [1.165, 1.54) is 0 Å². The van der Waals surface area contributed by atoms with Gasteiger partial charge in [-0.05, 0) is 18.6 Å². The molecular formula is C19H19NO2S. The van der Waals surface area contributed by atoms with Crippen LogP contribution in [0.15, 0.2) is 69.4 Å². The minimum atomic E-state index is -1.40. The van der Waals surface area contributed by atoms with Gasteiger partial charge >= 0.3 is 0 Å². The Labute approximate surface area is 138 Å². The van der Waals surface area contributed by atoms with Crippen LogP contribution < -0.4 is 0 Å². The minimum absolute atomic E-state index is 0.0815. The quantitative estimate of drug-likeness (QED) is 0.657. The number of rotatable bonds is 5. The van der Waals surface area contributed by atoms with Crippen molar-refractivity contribution in [3.05, 3.63) is 70.6 Å². The molecule has 1 unspecified atom stereocenters. The Hall–Kier alpha value is -2.20. The Balaban J connectivity index is 2.10. The van der Waals surface area contributed by atoms with Gasteiger partial charge in [0.1, 0.15) is 10.7 Å². The molecule has 23 heavy (non-hydrogen) atoms. The molecule has 0 radical (unpaired) electrons. The first kappa shape index (κ1) is 15.7. The summed E-state index contributed by atoms with van der Waals surface area (Å²) in [6, 6.07) is 16.9. The van der Waals surface area contributed by atoms with Crippen LogP contribution in [-0.2, 0) is 10.8 Å². The number of allylic oxidation sites excluding steroid dienone is 1. The zero-order valence-corrected chi connectivity index (χ0v) is 13.8. The first-order valence-electron chi connectivity index (χ1n) is 7.78. The highest BCUT2D eigenvalue weighted by Gasteiger charge is 2.32. The normalized spacial score (nSPS) is 17.4. The molecule has 118 valence electrons. The molecule has 0 saturated heterocycles. The topological polar surface area (TPSA) is 49.7 Å². The van der Waals surface area contributed by atoms with Crippen molar-refractivity contribution in [3.8, 4) is 0 Å². The summed E-state index contributed by atoms with van der Waals surface area (Å²) in [7, 11) is -1.40. The van der Waals surface area contributed by atoms with E-state index < -0.39 is 10.8 Å². The van der Waals surface area contributed by atoms with Gasteiger partial charge in [0.2, 0.25) is 0 Å². The van der Waals surface area contributed by atoms with Gasteiger partial charge in [0.25, 0.3) is 0 Å². The maximum absolute atomic E-state index is 12.9. The summed E-state index contributed by atoms with van der Waals surface area (Å²) in [5.41, 5.74) is 2.15. The highest BCUT2D eigenvalue weighted by Crippen LogP contribution is 2.36. The van der Waals surface area contributed by atoms with Crippen LogP contribution in [0.1, 0.15) is 30.9 Å². The summed E-state index contributed by atoms with van der Waals surface area (Å²) in [6.07, 6.45) is 2.00. The largest absolute Gasteiger partial charge is 0.506 e. The second-order valence-electron chi connectivity index (χ2n) is 5.39. The van der Waals surface area contributed by atoms with Crippen LogP contribution in [0.4, 0.5) is 0 Å². The van der Waals surface area contributed by atoms with Gasteiger partial charge in [0.05, 0.1) is 21.4 Å². The van der Waals surface area contributed by atoms with E-state index in [4.69, 9.17) is 0 Å². The maximum atomic E-state index is 12.9. The lowest BCUT2D eigenvalue weighted by Gasteiger charge is -2.08. The van der Waals surface area contributed by atoms with Crippen LogP contribution in [0.2, 0.25) is 0 Å². The van der Waals surface area contributed by atoms with E-state index in [1.807, 2.05) is 42.5 Å². The number of benzene rings is 2. The van der Waals surface area contributed by atoms with Crippen LogP contribution in [0, 0.1) is 0 Å². The molecule has 3 nitrogen and oxygen atoms in total. The van der Waals surface area contributed by atoms with Gasteiger partial charge in [-0.3, -0.25) is 4.99 Å². The van der Waals surface area contributed by atoms with Crippen molar-refractivity contribution in [3.63, 3.8) is 0 Å². The molecule has 0 spiro atoms. The third-order valence-corrected chi connectivity index (χ3v) is 5.30. The van der Waals surface area contributed by atoms with E-state index in [2.05, 4.69) is 11.9 Å². The Morgan fingerprint density at radius 1 is 1.09 bits per heavy atom. The predicted molar refractivity (Wildman–Crippen MR) is 95.2 cm³/mol. The Morgan fingerprint density at radius 2 is 1.78 bits per heavy atom. The fourth-order valence-corrected chi connectivity index (χ4v) is 4.01. The van der Waals surface area contributed by atoms with E-state index in [0.717, 1.165) is 18.4 Å². The number of hydrogen-bond acceptors (Lipinski definition) is 3. The summed E-state index contributed by atoms with van der Waals surface area (Å²) >= 11 is 0. The van der Waals surface area contributed by atoms with Crippen LogP contribution >= 0.6 is 0 Å². The van der Waals surface area contributed by atoms with Gasteiger partial charge in [-0.1, -0.05) is 55.8 Å². The molecular weight excluding hydrogens is 306 g/mol. The van der Waals surface area contributed by atoms with Crippen LogP contribution in [-0.4, -0.2) is 21.6 Å². The Bertz CT molecular complexity index is 794. The minimum Gasteiger partial charge on any atom is -0.506 e. The molecule has 0 aromatic heterocycles. The van der Waals surface area contributed by atoms with Crippen molar-refractivity contribution in [1.29, 1.82) is 0 Å². The third-order valence-electron chi connectivity index (χ3n) is 3.79. The molecule has 1 aliphatic heterocycles. The SMILES string of the molecule is CCCCN=C(C1=C(O)c2ccccc2S1=O)c1ccccc1. The highest BCUT2D eigenvalue weighted by atomic mass is 32.2. The average molecular weight is 325 g/mol. The standard InChI is InChI=1S/C19H19NO2S/c1-2-3-13-20-17(14-9-5-4-6-10-14)19-18(21)15-11-7-8-12-16(15)23(19)22/h4-12,21H,2-3,13H2,1H3. The molecule has 0 saturated carbocycles. The summed E-state index contributed by atoms with van der Waals surface area (Å²) in [4.78, 5) is 5.73. The lowest BCUT2D eigenvalue weighted by molar-refractivity contribution is 0.511. The van der Waals surface area contributed by atoms with Crippen LogP contribution in [0.3, 0.4) is 0 Å². The predicted octanol–water partition coefficient (Wildman–Crippen LogP) is 4.32. The van der Waals surface area contributed by atoms with Gasteiger partial charge in [-0.25, -0.2) is 4.21 Å². The van der Waals surface area contributed by atoms with Crippen molar-refractivity contribution in [2.45, 2.75) is 24.7 Å². The number of aliphatic hydroxyl groups is 1. The monoisotopic (exact) mass is 325 g/mol. The smallest absolute Gasteiger partial charge is 0.142 e. The first-order valence-corrected chi connectivity index (χ1v) is 8.93. The molecule has 2 aromatic carbocycles. The molecule has 3 rings (SSSR count). The van der Waals surface area contributed by atoms with Crippen molar-refractivity contribution >= 4 is 22.3 Å². The molecule has 1 atom stereocenters. The summed E-state index contributed by atoms with van der Waals surface area (Å²) in [5.74, 6) is 0.0815. The average Bonchev–Trinajstić information content (AvgIpc) is 2.85. The molecule has 1 heterocycles. The fraction of sp³-hybridized carbons (Fsp3) is 0.211. The number of unbranched alkanes of at least 4 members (excludes halogenated alkanes) is 1. The van der Waals surface area contributed by atoms with E-state index in [1.54, 1.807) is 12.1 Å². The second kappa shape index (κ2) is 6.92. The van der Waals surface area contributed by atoms with Crippen LogP contribution in [0.5, 0.6) is 0 Å². The summed E-state index contributed by atoms with van der Waals surface area (Å²) < 4.78 is 12.9. The molecule has 0 bridgehead atoms. The molecule has 4 heteroatoms. The number of aliphatic imine (C=N–C) groups is 1. The third kappa shape index (κ3) is 2.99. The Kier molecular flexibility index (Phi) is 4.72. The number of hydrogen-bond donors (Lipinski definition) is 1. The molecule has 2 aromatic rings. The van der Waals surface area contributed by atoms with E-state index in [9.17, 15) is 9.32 Å². The summed E-state index contributed by atoms with van der Waals surface area (Å²) in [6.45, 7) is 2.77. The maximum Gasteiger partial charge on any atom is 0.142 e. The summed E-state index contributed by atoms with van der Waals surface area (Å²) in [5, 5.41) is 10.6. The van der Waals surface area contributed by atoms with Gasteiger partial charge in [0.15, 0.2) is 0 Å². The lowest BCUT2D eigenvalue weighted by atomic mass is 10.1. The Morgan fingerprint density at radius 3 is 2.48 bits per heavy atom. The second-order valence-corrected chi connectivity index (χ2v) is 6.78. The lowest BCUT2D eigenvalue weighted by Crippen LogP contribution is -2.10. The van der Waals surface area contributed by atoms with Crippen molar-refractivity contribution in [2.24, 2.45) is 4.99 Å². The van der Waals surface area contributed by atoms with Gasteiger partial charge in [-0.15, -0.1) is 0 Å². The van der Waals surface area contributed by atoms with E-state index in [-0.39, 0.29) is 5.76 Å². The van der Waals surface area contributed by atoms with Crippen molar-refractivity contribution < 1.29 is 9.32 Å². The number of fused-ring (bicyclic) bond motifs is 1. The van der Waals surface area contributed by atoms with Gasteiger partial charge < -0.3 is 5.11 Å². The number of nitrogens with zero attached hydrogens (tertiary/aromatic N) is 1. The van der Waals surface area contributed by atoms with Crippen molar-refractivity contribution in [1.82, 2.24) is 0 Å². The van der Waals surface area contributed by atoms with E-state index in [0.29, 0.717) is 27.6 Å². The number of aliphatic hydroxyl groups excluding tert-OH is 1. The molecule has 0 aliphatic carbocycles. The van der Waals surface area contributed by atoms with Gasteiger partial charge in [0, 0.05) is 17.7 Å².